The number of morpholine rings is 1. The summed E-state index contributed by atoms with van der Waals surface area (Å²) in [6.45, 7) is 2.72. The highest BCUT2D eigenvalue weighted by Gasteiger charge is 2.27. The molecule has 0 unspecified atom stereocenters. The second-order valence-electron chi connectivity index (χ2n) is 6.37. The molecule has 1 aliphatic heterocycles. The lowest BCUT2D eigenvalue weighted by atomic mass is 10.1. The largest absolute Gasteiger partial charge is 0.379 e. The summed E-state index contributed by atoms with van der Waals surface area (Å²) in [6.07, 6.45) is 0. The molecule has 0 radical (unpaired) electrons. The second kappa shape index (κ2) is 8.46. The third-order valence-electron chi connectivity index (χ3n) is 4.47. The molecule has 0 atom stereocenters. The van der Waals surface area contributed by atoms with Crippen molar-refractivity contribution in [3.05, 3.63) is 62.7 Å². The van der Waals surface area contributed by atoms with Crippen molar-refractivity contribution in [1.82, 2.24) is 4.31 Å². The molecule has 1 saturated heterocycles. The minimum Gasteiger partial charge on any atom is -0.379 e. The highest BCUT2D eigenvalue weighted by molar-refractivity contribution is 7.89. The molecule has 0 spiro atoms. The van der Waals surface area contributed by atoms with Crippen LogP contribution in [-0.4, -0.2) is 49.9 Å². The highest BCUT2D eigenvalue weighted by Crippen LogP contribution is 2.26. The van der Waals surface area contributed by atoms with Gasteiger partial charge in [0, 0.05) is 25.2 Å². The van der Waals surface area contributed by atoms with Gasteiger partial charge in [-0.1, -0.05) is 17.7 Å². The number of nitrogens with zero attached hydrogens (tertiary/aromatic N) is 2. The molecule has 11 heteroatoms. The van der Waals surface area contributed by atoms with Crippen molar-refractivity contribution in [2.45, 2.75) is 11.8 Å². The zero-order valence-electron chi connectivity index (χ0n) is 15.4. The topological polar surface area (TPSA) is 119 Å². The Hall–Kier alpha value is -2.53. The number of rotatable bonds is 5. The molecule has 29 heavy (non-hydrogen) atoms. The number of non-ortho nitro benzene ring substituents is 1. The number of carbonyl (C=O) groups excluding carboxylic acids is 1. The Bertz CT molecular complexity index is 1070. The van der Waals surface area contributed by atoms with Crippen LogP contribution in [0.2, 0.25) is 5.02 Å². The van der Waals surface area contributed by atoms with E-state index in [1.807, 2.05) is 0 Å². The lowest BCUT2D eigenvalue weighted by Crippen LogP contribution is -2.40. The molecule has 1 heterocycles. The van der Waals surface area contributed by atoms with Gasteiger partial charge in [0.2, 0.25) is 10.0 Å². The molecule has 0 aliphatic carbocycles. The van der Waals surface area contributed by atoms with Crippen LogP contribution < -0.4 is 5.32 Å². The first kappa shape index (κ1) is 21.2. The maximum Gasteiger partial charge on any atom is 0.271 e. The summed E-state index contributed by atoms with van der Waals surface area (Å²) in [6, 6.07) is 7.94. The fraction of sp³-hybridized carbons (Fsp3) is 0.278. The van der Waals surface area contributed by atoms with E-state index in [-0.39, 0.29) is 39.9 Å². The number of ether oxygens (including phenoxy) is 1. The SMILES string of the molecule is Cc1ccc([N+](=O)[O-])cc1NC(=O)c1cc(S(=O)(=O)N2CCOCC2)ccc1Cl. The Labute approximate surface area is 172 Å². The van der Waals surface area contributed by atoms with E-state index in [0.717, 1.165) is 0 Å². The zero-order chi connectivity index (χ0) is 21.2. The van der Waals surface area contributed by atoms with Crippen LogP contribution in [0.15, 0.2) is 41.3 Å². The molecule has 0 bridgehead atoms. The number of hydrogen-bond acceptors (Lipinski definition) is 6. The summed E-state index contributed by atoms with van der Waals surface area (Å²) in [5.74, 6) is -0.669. The van der Waals surface area contributed by atoms with Crippen LogP contribution in [0, 0.1) is 17.0 Å². The summed E-state index contributed by atoms with van der Waals surface area (Å²) >= 11 is 6.12. The Kier molecular flexibility index (Phi) is 6.18. The van der Waals surface area contributed by atoms with Gasteiger partial charge in [-0.05, 0) is 30.7 Å². The number of anilines is 1. The Morgan fingerprint density at radius 1 is 1.21 bits per heavy atom. The standard InChI is InChI=1S/C18H18ClN3O6S/c1-12-2-3-13(22(24)25)10-17(12)20-18(23)15-11-14(4-5-16(15)19)29(26,27)21-6-8-28-9-7-21/h2-5,10-11H,6-9H2,1H3,(H,20,23). The molecule has 9 nitrogen and oxygen atoms in total. The molecule has 154 valence electrons. The molecule has 0 saturated carbocycles. The number of nitro groups is 1. The minimum atomic E-state index is -3.81. The summed E-state index contributed by atoms with van der Waals surface area (Å²) in [5.41, 5.74) is 0.617. The Morgan fingerprint density at radius 3 is 2.55 bits per heavy atom. The van der Waals surface area contributed by atoms with Gasteiger partial charge in [-0.3, -0.25) is 14.9 Å². The fourth-order valence-electron chi connectivity index (χ4n) is 2.82. The van der Waals surface area contributed by atoms with Crippen LogP contribution in [-0.2, 0) is 14.8 Å². The van der Waals surface area contributed by atoms with Crippen LogP contribution >= 0.6 is 11.6 Å². The van der Waals surface area contributed by atoms with Gasteiger partial charge in [0.05, 0.1) is 39.3 Å². The first-order valence-electron chi connectivity index (χ1n) is 8.64. The molecule has 1 amide bonds. The lowest BCUT2D eigenvalue weighted by molar-refractivity contribution is -0.384. The van der Waals surface area contributed by atoms with E-state index < -0.39 is 20.9 Å². The van der Waals surface area contributed by atoms with E-state index in [0.29, 0.717) is 18.8 Å². The number of aryl methyl sites for hydroxylation is 1. The lowest BCUT2D eigenvalue weighted by Gasteiger charge is -2.26. The molecule has 1 aliphatic rings. The number of halogens is 1. The predicted octanol–water partition coefficient (Wildman–Crippen LogP) is 2.83. The van der Waals surface area contributed by atoms with Crippen molar-refractivity contribution in [3.63, 3.8) is 0 Å². The number of hydrogen-bond donors (Lipinski definition) is 1. The third-order valence-corrected chi connectivity index (χ3v) is 6.69. The molecule has 1 N–H and O–H groups in total. The quantitative estimate of drug-likeness (QED) is 0.565. The van der Waals surface area contributed by atoms with Crippen molar-refractivity contribution in [1.29, 1.82) is 0 Å². The van der Waals surface area contributed by atoms with E-state index in [1.165, 1.54) is 40.7 Å². The number of nitro benzene ring substituents is 1. The van der Waals surface area contributed by atoms with Crippen LogP contribution in [0.4, 0.5) is 11.4 Å². The summed E-state index contributed by atoms with van der Waals surface area (Å²) < 4.78 is 32.1. The average Bonchev–Trinajstić information content (AvgIpc) is 2.70. The smallest absolute Gasteiger partial charge is 0.271 e. The Morgan fingerprint density at radius 2 is 1.90 bits per heavy atom. The van der Waals surface area contributed by atoms with Gasteiger partial charge < -0.3 is 10.1 Å². The van der Waals surface area contributed by atoms with Gasteiger partial charge in [-0.15, -0.1) is 0 Å². The second-order valence-corrected chi connectivity index (χ2v) is 8.71. The fourth-order valence-corrected chi connectivity index (χ4v) is 4.46. The molecule has 2 aromatic rings. The van der Waals surface area contributed by atoms with Crippen LogP contribution in [0.1, 0.15) is 15.9 Å². The van der Waals surface area contributed by atoms with E-state index in [2.05, 4.69) is 5.32 Å². The maximum absolute atomic E-state index is 12.8. The number of sulfonamides is 1. The summed E-state index contributed by atoms with van der Waals surface area (Å²) in [5, 5.41) is 13.6. The van der Waals surface area contributed by atoms with Gasteiger partial charge in [0.25, 0.3) is 11.6 Å². The van der Waals surface area contributed by atoms with Crippen molar-refractivity contribution in [3.8, 4) is 0 Å². The van der Waals surface area contributed by atoms with Gasteiger partial charge in [0.15, 0.2) is 0 Å². The van der Waals surface area contributed by atoms with Crippen molar-refractivity contribution in [2.75, 3.05) is 31.6 Å². The molecular formula is C18H18ClN3O6S. The molecule has 1 fully saturated rings. The average molecular weight is 440 g/mol. The molecule has 2 aromatic carbocycles. The third kappa shape index (κ3) is 4.56. The van der Waals surface area contributed by atoms with Crippen molar-refractivity contribution in [2.24, 2.45) is 0 Å². The van der Waals surface area contributed by atoms with E-state index in [9.17, 15) is 23.3 Å². The number of carbonyl (C=O) groups is 1. The normalized spacial score (nSPS) is 15.1. The first-order valence-corrected chi connectivity index (χ1v) is 10.5. The highest BCUT2D eigenvalue weighted by atomic mass is 35.5. The van der Waals surface area contributed by atoms with E-state index in [1.54, 1.807) is 6.92 Å². The minimum absolute atomic E-state index is 0.0492. The van der Waals surface area contributed by atoms with E-state index in [4.69, 9.17) is 16.3 Å². The van der Waals surface area contributed by atoms with Crippen LogP contribution in [0.3, 0.4) is 0 Å². The number of benzene rings is 2. The zero-order valence-corrected chi connectivity index (χ0v) is 17.0. The van der Waals surface area contributed by atoms with E-state index >= 15 is 0 Å². The van der Waals surface area contributed by atoms with Crippen molar-refractivity contribution >= 4 is 38.9 Å². The molecule has 3 rings (SSSR count). The number of nitrogens with one attached hydrogen (secondary N) is 1. The van der Waals surface area contributed by atoms with Gasteiger partial charge in [-0.2, -0.15) is 4.31 Å². The predicted molar refractivity (Wildman–Crippen MR) is 107 cm³/mol. The maximum atomic E-state index is 12.8. The van der Waals surface area contributed by atoms with Gasteiger partial charge in [-0.25, -0.2) is 8.42 Å². The summed E-state index contributed by atoms with van der Waals surface area (Å²) in [4.78, 5) is 23.1. The van der Waals surface area contributed by atoms with Crippen molar-refractivity contribution < 1.29 is 22.9 Å². The monoisotopic (exact) mass is 439 g/mol. The Balaban J connectivity index is 1.91. The molecule has 0 aromatic heterocycles. The van der Waals surface area contributed by atoms with Crippen LogP contribution in [0.5, 0.6) is 0 Å². The molecular weight excluding hydrogens is 422 g/mol. The van der Waals surface area contributed by atoms with Crippen LogP contribution in [0.25, 0.3) is 0 Å². The summed E-state index contributed by atoms with van der Waals surface area (Å²) in [7, 11) is -3.81. The van der Waals surface area contributed by atoms with Gasteiger partial charge in [0.1, 0.15) is 0 Å². The van der Waals surface area contributed by atoms with Gasteiger partial charge >= 0.3 is 0 Å². The first-order chi connectivity index (χ1) is 13.7. The number of amides is 1.